The van der Waals surface area contributed by atoms with E-state index in [-0.39, 0.29) is 0 Å². The summed E-state index contributed by atoms with van der Waals surface area (Å²) in [5, 5.41) is 0. The molecule has 1 aromatic rings. The number of hydrogen-bond donors (Lipinski definition) is 0. The van der Waals surface area contributed by atoms with Gasteiger partial charge in [0.25, 0.3) is 0 Å². The highest BCUT2D eigenvalue weighted by Crippen LogP contribution is 2.38. The molecule has 15 heavy (non-hydrogen) atoms. The summed E-state index contributed by atoms with van der Waals surface area (Å²) in [6.45, 7) is 9.29. The Kier molecular flexibility index (Phi) is 2.86. The molecule has 0 fully saturated rings. The van der Waals surface area contributed by atoms with Crippen LogP contribution in [0.2, 0.25) is 0 Å². The molecule has 0 aromatic heterocycles. The van der Waals surface area contributed by atoms with Crippen molar-refractivity contribution in [2.75, 3.05) is 0 Å². The van der Waals surface area contributed by atoms with Gasteiger partial charge >= 0.3 is 0 Å². The number of aryl methyl sites for hydroxylation is 2. The first-order valence-corrected chi connectivity index (χ1v) is 6.31. The SMILES string of the molecule is CCc1cc2c(cc1CC)C(C)C(C)C2. The molecule has 0 heteroatoms. The topological polar surface area (TPSA) is 0 Å². The first-order valence-electron chi connectivity index (χ1n) is 6.31. The monoisotopic (exact) mass is 202 g/mol. The Morgan fingerprint density at radius 1 is 1.07 bits per heavy atom. The van der Waals surface area contributed by atoms with Gasteiger partial charge in [0.05, 0.1) is 0 Å². The number of hydrogen-bond acceptors (Lipinski definition) is 0. The molecule has 0 radical (unpaired) electrons. The Morgan fingerprint density at radius 2 is 1.67 bits per heavy atom. The zero-order valence-electron chi connectivity index (χ0n) is 10.4. The second-order valence-electron chi connectivity index (χ2n) is 5.00. The van der Waals surface area contributed by atoms with Gasteiger partial charge in [-0.05, 0) is 53.4 Å². The van der Waals surface area contributed by atoms with E-state index in [0.29, 0.717) is 0 Å². The van der Waals surface area contributed by atoms with E-state index in [0.717, 1.165) is 11.8 Å². The summed E-state index contributed by atoms with van der Waals surface area (Å²) in [6, 6.07) is 4.94. The van der Waals surface area contributed by atoms with Crippen molar-refractivity contribution in [3.8, 4) is 0 Å². The molecule has 2 rings (SSSR count). The van der Waals surface area contributed by atoms with E-state index in [1.54, 1.807) is 22.3 Å². The molecule has 0 N–H and O–H groups in total. The molecule has 1 aliphatic rings. The van der Waals surface area contributed by atoms with E-state index in [1.165, 1.54) is 19.3 Å². The molecular formula is C15H22. The second kappa shape index (κ2) is 4.00. The summed E-state index contributed by atoms with van der Waals surface area (Å²) in [6.07, 6.45) is 3.64. The molecule has 1 aliphatic carbocycles. The van der Waals surface area contributed by atoms with Gasteiger partial charge in [-0.15, -0.1) is 0 Å². The largest absolute Gasteiger partial charge is 0.0616 e. The van der Waals surface area contributed by atoms with Gasteiger partial charge in [-0.3, -0.25) is 0 Å². The molecular weight excluding hydrogens is 180 g/mol. The number of rotatable bonds is 2. The molecule has 0 heterocycles. The minimum atomic E-state index is 0.760. The molecule has 0 saturated carbocycles. The van der Waals surface area contributed by atoms with Crippen molar-refractivity contribution in [1.82, 2.24) is 0 Å². The van der Waals surface area contributed by atoms with E-state index in [2.05, 4.69) is 39.8 Å². The van der Waals surface area contributed by atoms with Gasteiger partial charge in [-0.1, -0.05) is 39.8 Å². The van der Waals surface area contributed by atoms with Crippen molar-refractivity contribution >= 4 is 0 Å². The summed E-state index contributed by atoms with van der Waals surface area (Å²) in [4.78, 5) is 0. The first-order chi connectivity index (χ1) is 7.17. The highest BCUT2D eigenvalue weighted by molar-refractivity contribution is 5.43. The minimum Gasteiger partial charge on any atom is -0.0616 e. The van der Waals surface area contributed by atoms with Crippen LogP contribution in [0.15, 0.2) is 12.1 Å². The predicted octanol–water partition coefficient (Wildman–Crippen LogP) is 4.11. The molecule has 0 nitrogen and oxygen atoms in total. The van der Waals surface area contributed by atoms with Gasteiger partial charge in [-0.25, -0.2) is 0 Å². The maximum Gasteiger partial charge on any atom is -0.0159 e. The minimum absolute atomic E-state index is 0.760. The molecule has 0 spiro atoms. The standard InChI is InChI=1S/C15H22/c1-5-12-8-14-7-10(3)11(4)15(14)9-13(12)6-2/h8-11H,5-7H2,1-4H3. The van der Waals surface area contributed by atoms with Crippen LogP contribution >= 0.6 is 0 Å². The summed E-state index contributed by atoms with van der Waals surface area (Å²) in [5.41, 5.74) is 6.37. The third-order valence-corrected chi connectivity index (χ3v) is 4.11. The fraction of sp³-hybridized carbons (Fsp3) is 0.600. The molecule has 0 aliphatic heterocycles. The lowest BCUT2D eigenvalue weighted by molar-refractivity contribution is 0.532. The highest BCUT2D eigenvalue weighted by atomic mass is 14.3. The van der Waals surface area contributed by atoms with Crippen molar-refractivity contribution in [2.45, 2.75) is 52.9 Å². The summed E-state index contributed by atoms with van der Waals surface area (Å²) >= 11 is 0. The second-order valence-corrected chi connectivity index (χ2v) is 5.00. The summed E-state index contributed by atoms with van der Waals surface area (Å²) < 4.78 is 0. The van der Waals surface area contributed by atoms with Crippen LogP contribution < -0.4 is 0 Å². The van der Waals surface area contributed by atoms with Crippen LogP contribution in [0.25, 0.3) is 0 Å². The van der Waals surface area contributed by atoms with E-state index >= 15 is 0 Å². The average molecular weight is 202 g/mol. The van der Waals surface area contributed by atoms with Crippen LogP contribution in [-0.2, 0) is 19.3 Å². The Labute approximate surface area is 93.7 Å². The average Bonchev–Trinajstić information content (AvgIpc) is 2.53. The fourth-order valence-corrected chi connectivity index (χ4v) is 2.85. The number of fused-ring (bicyclic) bond motifs is 1. The van der Waals surface area contributed by atoms with Crippen molar-refractivity contribution < 1.29 is 0 Å². The van der Waals surface area contributed by atoms with Crippen LogP contribution in [-0.4, -0.2) is 0 Å². The van der Waals surface area contributed by atoms with E-state index < -0.39 is 0 Å². The van der Waals surface area contributed by atoms with Crippen molar-refractivity contribution in [1.29, 1.82) is 0 Å². The maximum atomic E-state index is 2.47. The zero-order valence-corrected chi connectivity index (χ0v) is 10.4. The number of benzene rings is 1. The van der Waals surface area contributed by atoms with Crippen LogP contribution in [0, 0.1) is 5.92 Å². The predicted molar refractivity (Wildman–Crippen MR) is 66.5 cm³/mol. The summed E-state index contributed by atoms with van der Waals surface area (Å²) in [7, 11) is 0. The van der Waals surface area contributed by atoms with Gasteiger partial charge < -0.3 is 0 Å². The maximum absolute atomic E-state index is 2.47. The van der Waals surface area contributed by atoms with Crippen LogP contribution in [0.5, 0.6) is 0 Å². The third kappa shape index (κ3) is 1.71. The Balaban J connectivity index is 2.48. The normalized spacial score (nSPS) is 24.3. The van der Waals surface area contributed by atoms with Crippen LogP contribution in [0.3, 0.4) is 0 Å². The molecule has 0 saturated heterocycles. The molecule has 2 unspecified atom stereocenters. The highest BCUT2D eigenvalue weighted by Gasteiger charge is 2.26. The van der Waals surface area contributed by atoms with Crippen molar-refractivity contribution in [3.05, 3.63) is 34.4 Å². The van der Waals surface area contributed by atoms with E-state index in [1.807, 2.05) is 0 Å². The van der Waals surface area contributed by atoms with Gasteiger partial charge in [-0.2, -0.15) is 0 Å². The molecule has 82 valence electrons. The lowest BCUT2D eigenvalue weighted by atomic mass is 9.93. The molecule has 0 amide bonds. The Morgan fingerprint density at radius 3 is 2.27 bits per heavy atom. The van der Waals surface area contributed by atoms with Crippen LogP contribution in [0.4, 0.5) is 0 Å². The van der Waals surface area contributed by atoms with Gasteiger partial charge in [0.15, 0.2) is 0 Å². The smallest absolute Gasteiger partial charge is 0.0159 e. The first kappa shape index (κ1) is 10.7. The Hall–Kier alpha value is -0.780. The lowest BCUT2D eigenvalue weighted by Crippen LogP contribution is -1.98. The zero-order chi connectivity index (χ0) is 11.0. The van der Waals surface area contributed by atoms with Crippen molar-refractivity contribution in [2.24, 2.45) is 5.92 Å². The van der Waals surface area contributed by atoms with Gasteiger partial charge in [0, 0.05) is 0 Å². The fourth-order valence-electron chi connectivity index (χ4n) is 2.85. The van der Waals surface area contributed by atoms with Crippen LogP contribution in [0.1, 0.15) is 55.9 Å². The van der Waals surface area contributed by atoms with E-state index in [4.69, 9.17) is 0 Å². The Bertz CT molecular complexity index is 363. The molecule has 0 bridgehead atoms. The molecule has 1 aromatic carbocycles. The van der Waals surface area contributed by atoms with Gasteiger partial charge in [0.1, 0.15) is 0 Å². The lowest BCUT2D eigenvalue weighted by Gasteiger charge is -2.12. The molecule has 2 atom stereocenters. The third-order valence-electron chi connectivity index (χ3n) is 4.11. The van der Waals surface area contributed by atoms with Gasteiger partial charge in [0.2, 0.25) is 0 Å². The van der Waals surface area contributed by atoms with E-state index in [9.17, 15) is 0 Å². The summed E-state index contributed by atoms with van der Waals surface area (Å²) in [5.74, 6) is 1.59. The quantitative estimate of drug-likeness (QED) is 0.677. The van der Waals surface area contributed by atoms with Crippen molar-refractivity contribution in [3.63, 3.8) is 0 Å².